The number of para-hydroxylation sites is 1. The van der Waals surface area contributed by atoms with Gasteiger partial charge >= 0.3 is 0 Å². The molecule has 2 fully saturated rings. The Morgan fingerprint density at radius 2 is 1.54 bits per heavy atom. The highest BCUT2D eigenvalue weighted by molar-refractivity contribution is 5.97. The molecule has 0 aromatic heterocycles. The van der Waals surface area contributed by atoms with E-state index >= 15 is 0 Å². The number of nitrogens with zero attached hydrogens (tertiary/aromatic N) is 2. The van der Waals surface area contributed by atoms with Gasteiger partial charge in [0.2, 0.25) is 17.7 Å². The summed E-state index contributed by atoms with van der Waals surface area (Å²) in [5.41, 5.74) is 7.54. The molecular weight excluding hydrogens is 582 g/mol. The first-order chi connectivity index (χ1) is 22.4. The normalized spacial score (nSPS) is 18.6. The SMILES string of the molecule is CCOc1ccc(C[C@@H]2NC(=O)[C@H](CN(CC3CCNCC3)C(=O)CCN)N(Cc3ccc(Oc4ccccc4)cc3)C2=O)cc1. The van der Waals surface area contributed by atoms with Crippen molar-refractivity contribution in [2.24, 2.45) is 11.7 Å². The minimum Gasteiger partial charge on any atom is -0.494 e. The molecule has 0 spiro atoms. The second kappa shape index (κ2) is 16.2. The number of nitrogens with two attached hydrogens (primary N) is 1. The molecule has 3 aromatic carbocycles. The third kappa shape index (κ3) is 8.86. The highest BCUT2D eigenvalue weighted by Crippen LogP contribution is 2.25. The minimum absolute atomic E-state index is 0.0971. The van der Waals surface area contributed by atoms with E-state index in [0.29, 0.717) is 31.2 Å². The van der Waals surface area contributed by atoms with Crippen LogP contribution in [-0.2, 0) is 27.3 Å². The molecule has 244 valence electrons. The van der Waals surface area contributed by atoms with E-state index in [-0.39, 0.29) is 43.8 Å². The Kier molecular flexibility index (Phi) is 11.6. The van der Waals surface area contributed by atoms with Gasteiger partial charge in [0.25, 0.3) is 0 Å². The quantitative estimate of drug-likeness (QED) is 0.250. The Morgan fingerprint density at radius 1 is 0.891 bits per heavy atom. The van der Waals surface area contributed by atoms with Crippen molar-refractivity contribution in [2.45, 2.75) is 51.2 Å². The van der Waals surface area contributed by atoms with Crippen LogP contribution in [0.15, 0.2) is 78.9 Å². The van der Waals surface area contributed by atoms with Gasteiger partial charge in [0, 0.05) is 32.5 Å². The van der Waals surface area contributed by atoms with E-state index in [4.69, 9.17) is 15.2 Å². The van der Waals surface area contributed by atoms with Crippen molar-refractivity contribution >= 4 is 17.7 Å². The van der Waals surface area contributed by atoms with E-state index in [2.05, 4.69) is 10.6 Å². The smallest absolute Gasteiger partial charge is 0.246 e. The van der Waals surface area contributed by atoms with Crippen LogP contribution in [0.2, 0.25) is 0 Å². The molecule has 46 heavy (non-hydrogen) atoms. The van der Waals surface area contributed by atoms with Crippen molar-refractivity contribution in [3.63, 3.8) is 0 Å². The molecule has 0 radical (unpaired) electrons. The van der Waals surface area contributed by atoms with Crippen LogP contribution in [0.3, 0.4) is 0 Å². The number of hydrogen-bond acceptors (Lipinski definition) is 7. The van der Waals surface area contributed by atoms with E-state index in [0.717, 1.165) is 48.6 Å². The number of benzene rings is 3. The summed E-state index contributed by atoms with van der Waals surface area (Å²) in [6.45, 7) is 5.38. The molecule has 2 saturated heterocycles. The molecule has 3 amide bonds. The maximum atomic E-state index is 14.2. The van der Waals surface area contributed by atoms with Gasteiger partial charge in [0.15, 0.2) is 0 Å². The van der Waals surface area contributed by atoms with Gasteiger partial charge in [-0.25, -0.2) is 0 Å². The van der Waals surface area contributed by atoms with Crippen LogP contribution in [-0.4, -0.2) is 78.9 Å². The van der Waals surface area contributed by atoms with Crippen LogP contribution >= 0.6 is 0 Å². The molecule has 4 N–H and O–H groups in total. The lowest BCUT2D eigenvalue weighted by molar-refractivity contribution is -0.152. The first kappa shape index (κ1) is 33.0. The molecular formula is C36H45N5O5. The molecule has 0 saturated carbocycles. The first-order valence-corrected chi connectivity index (χ1v) is 16.3. The highest BCUT2D eigenvalue weighted by atomic mass is 16.5. The lowest BCUT2D eigenvalue weighted by Crippen LogP contribution is -2.66. The molecule has 10 heteroatoms. The zero-order valence-corrected chi connectivity index (χ0v) is 26.5. The van der Waals surface area contributed by atoms with Crippen molar-refractivity contribution in [2.75, 3.05) is 39.3 Å². The molecule has 0 aliphatic carbocycles. The molecule has 5 rings (SSSR count). The standard InChI is InChI=1S/C36H45N5O5/c1-2-45-29-12-8-26(9-13-29)22-32-36(44)41(24-27-10-14-31(15-11-27)46-30-6-4-3-5-7-30)33(35(43)39-32)25-40(34(42)16-19-37)23-28-17-20-38-21-18-28/h3-15,28,32-33,38H,2,16-25,37H2,1H3,(H,39,43)/t32-,33-/m0/s1. The number of ether oxygens (including phenoxy) is 2. The van der Waals surface area contributed by atoms with Gasteiger partial charge in [0.05, 0.1) is 13.2 Å². The van der Waals surface area contributed by atoms with Gasteiger partial charge in [-0.2, -0.15) is 0 Å². The summed E-state index contributed by atoms with van der Waals surface area (Å²) in [6, 6.07) is 23.0. The molecule has 2 heterocycles. The van der Waals surface area contributed by atoms with E-state index < -0.39 is 12.1 Å². The van der Waals surface area contributed by atoms with Gasteiger partial charge in [-0.3, -0.25) is 14.4 Å². The minimum atomic E-state index is -0.840. The summed E-state index contributed by atoms with van der Waals surface area (Å²) in [5.74, 6) is 1.92. The van der Waals surface area contributed by atoms with Crippen LogP contribution in [0.1, 0.15) is 37.3 Å². The lowest BCUT2D eigenvalue weighted by atomic mass is 9.96. The Labute approximate surface area is 271 Å². The van der Waals surface area contributed by atoms with Crippen LogP contribution in [0.4, 0.5) is 0 Å². The molecule has 2 aliphatic rings. The van der Waals surface area contributed by atoms with Crippen molar-refractivity contribution in [1.82, 2.24) is 20.4 Å². The topological polar surface area (TPSA) is 126 Å². The molecule has 3 aromatic rings. The Morgan fingerprint density at radius 3 is 2.22 bits per heavy atom. The van der Waals surface area contributed by atoms with Gasteiger partial charge in [-0.1, -0.05) is 42.5 Å². The van der Waals surface area contributed by atoms with E-state index in [1.165, 1.54) is 0 Å². The van der Waals surface area contributed by atoms with Gasteiger partial charge in [0.1, 0.15) is 29.3 Å². The molecule has 2 aliphatic heterocycles. The lowest BCUT2D eigenvalue weighted by Gasteiger charge is -2.42. The number of amides is 3. The van der Waals surface area contributed by atoms with Crippen molar-refractivity contribution in [1.29, 1.82) is 0 Å². The van der Waals surface area contributed by atoms with Gasteiger partial charge < -0.3 is 35.6 Å². The molecule has 0 bridgehead atoms. The first-order valence-electron chi connectivity index (χ1n) is 16.3. The fourth-order valence-electron chi connectivity index (χ4n) is 6.09. The Hall–Kier alpha value is -4.41. The third-order valence-corrected chi connectivity index (χ3v) is 8.55. The Balaban J connectivity index is 1.37. The average molecular weight is 628 g/mol. The van der Waals surface area contributed by atoms with Gasteiger partial charge in [-0.05, 0) is 86.3 Å². The maximum absolute atomic E-state index is 14.2. The number of piperidine rings is 1. The van der Waals surface area contributed by atoms with E-state index in [9.17, 15) is 14.4 Å². The number of nitrogens with one attached hydrogen (secondary N) is 2. The van der Waals surface area contributed by atoms with E-state index in [1.54, 1.807) is 9.80 Å². The van der Waals surface area contributed by atoms with Crippen LogP contribution in [0.5, 0.6) is 17.2 Å². The van der Waals surface area contributed by atoms with Crippen molar-refractivity contribution in [3.8, 4) is 17.2 Å². The monoisotopic (exact) mass is 627 g/mol. The van der Waals surface area contributed by atoms with Crippen LogP contribution in [0.25, 0.3) is 0 Å². The molecule has 10 nitrogen and oxygen atoms in total. The Bertz CT molecular complexity index is 1430. The molecule has 2 atom stereocenters. The van der Waals surface area contributed by atoms with Crippen LogP contribution in [0, 0.1) is 5.92 Å². The zero-order valence-electron chi connectivity index (χ0n) is 26.5. The molecule has 0 unspecified atom stereocenters. The van der Waals surface area contributed by atoms with Crippen molar-refractivity contribution in [3.05, 3.63) is 90.0 Å². The zero-order chi connectivity index (χ0) is 32.3. The number of rotatable bonds is 14. The predicted octanol–water partition coefficient (Wildman–Crippen LogP) is 3.49. The second-order valence-electron chi connectivity index (χ2n) is 11.9. The third-order valence-electron chi connectivity index (χ3n) is 8.55. The van der Waals surface area contributed by atoms with E-state index in [1.807, 2.05) is 85.8 Å². The maximum Gasteiger partial charge on any atom is 0.246 e. The summed E-state index contributed by atoms with van der Waals surface area (Å²) in [5, 5.41) is 6.35. The summed E-state index contributed by atoms with van der Waals surface area (Å²) in [7, 11) is 0. The van der Waals surface area contributed by atoms with Gasteiger partial charge in [-0.15, -0.1) is 0 Å². The number of hydrogen-bond donors (Lipinski definition) is 3. The largest absolute Gasteiger partial charge is 0.494 e. The fourth-order valence-corrected chi connectivity index (χ4v) is 6.09. The predicted molar refractivity (Wildman–Crippen MR) is 176 cm³/mol. The average Bonchev–Trinajstić information content (AvgIpc) is 3.07. The summed E-state index contributed by atoms with van der Waals surface area (Å²) in [6.07, 6.45) is 2.44. The summed E-state index contributed by atoms with van der Waals surface area (Å²) < 4.78 is 11.5. The summed E-state index contributed by atoms with van der Waals surface area (Å²) >= 11 is 0. The highest BCUT2D eigenvalue weighted by Gasteiger charge is 2.42. The van der Waals surface area contributed by atoms with Crippen LogP contribution < -0.4 is 25.8 Å². The van der Waals surface area contributed by atoms with Crippen molar-refractivity contribution < 1.29 is 23.9 Å². The summed E-state index contributed by atoms with van der Waals surface area (Å²) in [4.78, 5) is 44.7. The number of piperazine rings is 1. The fraction of sp³-hybridized carbons (Fsp3) is 0.417. The number of carbonyl (C=O) groups excluding carboxylic acids is 3. The second-order valence-corrected chi connectivity index (χ2v) is 11.9. The number of carbonyl (C=O) groups is 3.